The van der Waals surface area contributed by atoms with Crippen molar-refractivity contribution >= 4 is 11.9 Å². The first-order chi connectivity index (χ1) is 10.6. The summed E-state index contributed by atoms with van der Waals surface area (Å²) in [6, 6.07) is 9.77. The molecule has 0 fully saturated rings. The first-order valence-corrected chi connectivity index (χ1v) is 7.48. The molecule has 22 heavy (non-hydrogen) atoms. The lowest BCUT2D eigenvalue weighted by atomic mass is 10.1. The Kier molecular flexibility index (Phi) is 5.47. The largest absolute Gasteiger partial charge is 0.354 e. The zero-order chi connectivity index (χ0) is 15.9. The van der Waals surface area contributed by atoms with Gasteiger partial charge in [-0.25, -0.2) is 9.97 Å². The van der Waals surface area contributed by atoms with Gasteiger partial charge in [-0.2, -0.15) is 0 Å². The van der Waals surface area contributed by atoms with E-state index in [1.54, 1.807) is 12.4 Å². The van der Waals surface area contributed by atoms with Gasteiger partial charge in [0, 0.05) is 18.9 Å². The quantitative estimate of drug-likeness (QED) is 0.860. The van der Waals surface area contributed by atoms with Gasteiger partial charge < -0.3 is 10.6 Å². The Balaban J connectivity index is 1.95. The van der Waals surface area contributed by atoms with Crippen molar-refractivity contribution in [2.24, 2.45) is 5.92 Å². The van der Waals surface area contributed by atoms with Gasteiger partial charge in [0.1, 0.15) is 0 Å². The maximum Gasteiger partial charge on any atom is 0.254 e. The Morgan fingerprint density at radius 1 is 1.09 bits per heavy atom. The van der Waals surface area contributed by atoms with Crippen LogP contribution in [0.1, 0.15) is 42.7 Å². The summed E-state index contributed by atoms with van der Waals surface area (Å²) in [7, 11) is 0. The van der Waals surface area contributed by atoms with Gasteiger partial charge in [0.2, 0.25) is 5.95 Å². The molecule has 0 aliphatic heterocycles. The molecular formula is C17H22N4O. The van der Waals surface area contributed by atoms with Crippen LogP contribution in [0.15, 0.2) is 42.7 Å². The van der Waals surface area contributed by atoms with Crippen LogP contribution in [0.4, 0.5) is 5.95 Å². The highest BCUT2D eigenvalue weighted by Crippen LogP contribution is 2.12. The van der Waals surface area contributed by atoms with Crippen molar-refractivity contribution in [1.29, 1.82) is 0 Å². The Hall–Kier alpha value is -2.43. The fourth-order valence-corrected chi connectivity index (χ4v) is 1.94. The van der Waals surface area contributed by atoms with E-state index in [0.717, 1.165) is 12.1 Å². The van der Waals surface area contributed by atoms with Gasteiger partial charge in [-0.1, -0.05) is 44.2 Å². The average molecular weight is 298 g/mol. The summed E-state index contributed by atoms with van der Waals surface area (Å²) in [5.41, 5.74) is 1.52. The van der Waals surface area contributed by atoms with Gasteiger partial charge in [0.25, 0.3) is 5.91 Å². The Labute approximate surface area is 131 Å². The summed E-state index contributed by atoms with van der Waals surface area (Å²) in [6.07, 6.45) is 3.09. The molecule has 1 heterocycles. The molecule has 2 N–H and O–H groups in total. The summed E-state index contributed by atoms with van der Waals surface area (Å²) in [4.78, 5) is 20.5. The van der Waals surface area contributed by atoms with Crippen LogP contribution in [-0.2, 0) is 0 Å². The lowest BCUT2D eigenvalue weighted by Crippen LogP contribution is -2.27. The molecule has 0 saturated heterocycles. The third-order valence-electron chi connectivity index (χ3n) is 3.23. The third-order valence-corrected chi connectivity index (χ3v) is 3.23. The molecule has 1 amide bonds. The van der Waals surface area contributed by atoms with Gasteiger partial charge in [0.05, 0.1) is 11.6 Å². The van der Waals surface area contributed by atoms with Crippen molar-refractivity contribution in [2.75, 3.05) is 11.9 Å². The van der Waals surface area contributed by atoms with Crippen molar-refractivity contribution in [2.45, 2.75) is 26.8 Å². The molecule has 0 aliphatic carbocycles. The van der Waals surface area contributed by atoms with Crippen LogP contribution >= 0.6 is 0 Å². The molecule has 0 bridgehead atoms. The monoisotopic (exact) mass is 298 g/mol. The predicted molar refractivity (Wildman–Crippen MR) is 87.7 cm³/mol. The van der Waals surface area contributed by atoms with Gasteiger partial charge >= 0.3 is 0 Å². The molecule has 0 saturated carbocycles. The number of hydrogen-bond donors (Lipinski definition) is 2. The highest BCUT2D eigenvalue weighted by molar-refractivity contribution is 5.93. The van der Waals surface area contributed by atoms with Crippen molar-refractivity contribution < 1.29 is 4.79 Å². The van der Waals surface area contributed by atoms with Crippen molar-refractivity contribution in [3.05, 3.63) is 53.9 Å². The number of amides is 1. The number of benzene rings is 1. The normalized spacial score (nSPS) is 12.0. The second kappa shape index (κ2) is 7.54. The third kappa shape index (κ3) is 4.55. The second-order valence-corrected chi connectivity index (χ2v) is 5.68. The smallest absolute Gasteiger partial charge is 0.254 e. The number of nitrogens with zero attached hydrogens (tertiary/aromatic N) is 2. The molecule has 0 spiro atoms. The van der Waals surface area contributed by atoms with Gasteiger partial charge in [0.15, 0.2) is 0 Å². The summed E-state index contributed by atoms with van der Waals surface area (Å²) in [5.74, 6) is 0.881. The zero-order valence-electron chi connectivity index (χ0n) is 13.2. The van der Waals surface area contributed by atoms with E-state index in [2.05, 4.69) is 34.4 Å². The summed E-state index contributed by atoms with van der Waals surface area (Å²) in [5, 5.41) is 6.07. The first kappa shape index (κ1) is 15.9. The van der Waals surface area contributed by atoms with Crippen LogP contribution in [0.2, 0.25) is 0 Å². The maximum absolute atomic E-state index is 12.2. The van der Waals surface area contributed by atoms with Crippen LogP contribution in [-0.4, -0.2) is 22.4 Å². The Bertz CT molecular complexity index is 596. The molecule has 2 aromatic rings. The molecule has 5 heteroatoms. The van der Waals surface area contributed by atoms with E-state index in [4.69, 9.17) is 0 Å². The number of nitrogens with one attached hydrogen (secondary N) is 2. The lowest BCUT2D eigenvalue weighted by Gasteiger charge is -2.14. The van der Waals surface area contributed by atoms with E-state index in [-0.39, 0.29) is 11.9 Å². The standard InChI is InChI=1S/C17H22N4O/c1-12(2)9-18-17-19-10-15(11-20-17)16(22)21-13(3)14-7-5-4-6-8-14/h4-8,10-13H,9H2,1-3H3,(H,21,22)(H,18,19,20). The number of anilines is 1. The minimum atomic E-state index is -0.174. The molecule has 1 atom stereocenters. The fourth-order valence-electron chi connectivity index (χ4n) is 1.94. The zero-order valence-corrected chi connectivity index (χ0v) is 13.2. The van der Waals surface area contributed by atoms with E-state index in [1.807, 2.05) is 37.3 Å². The molecular weight excluding hydrogens is 276 g/mol. The number of carbonyl (C=O) groups excluding carboxylic acids is 1. The Morgan fingerprint density at radius 2 is 1.73 bits per heavy atom. The number of hydrogen-bond acceptors (Lipinski definition) is 4. The van der Waals surface area contributed by atoms with Crippen molar-refractivity contribution in [3.8, 4) is 0 Å². The second-order valence-electron chi connectivity index (χ2n) is 5.68. The summed E-state index contributed by atoms with van der Waals surface area (Å²) < 4.78 is 0. The van der Waals surface area contributed by atoms with E-state index in [9.17, 15) is 4.79 Å². The average Bonchev–Trinajstić information content (AvgIpc) is 2.54. The molecule has 1 unspecified atom stereocenters. The van der Waals surface area contributed by atoms with E-state index in [1.165, 1.54) is 0 Å². The number of rotatable bonds is 6. The molecule has 5 nitrogen and oxygen atoms in total. The van der Waals surface area contributed by atoms with E-state index in [0.29, 0.717) is 17.4 Å². The molecule has 2 rings (SSSR count). The summed E-state index contributed by atoms with van der Waals surface area (Å²) in [6.45, 7) is 6.98. The highest BCUT2D eigenvalue weighted by Gasteiger charge is 2.12. The van der Waals surface area contributed by atoms with Gasteiger partial charge in [-0.15, -0.1) is 0 Å². The minimum absolute atomic E-state index is 0.0626. The lowest BCUT2D eigenvalue weighted by molar-refractivity contribution is 0.0939. The predicted octanol–water partition coefficient (Wildman–Crippen LogP) is 3.04. The number of carbonyl (C=O) groups is 1. The van der Waals surface area contributed by atoms with Crippen molar-refractivity contribution in [3.63, 3.8) is 0 Å². The molecule has 1 aromatic carbocycles. The van der Waals surface area contributed by atoms with E-state index >= 15 is 0 Å². The van der Waals surface area contributed by atoms with Gasteiger partial charge in [-0.3, -0.25) is 4.79 Å². The molecule has 0 aliphatic rings. The van der Waals surface area contributed by atoms with Crippen LogP contribution in [0.3, 0.4) is 0 Å². The highest BCUT2D eigenvalue weighted by atomic mass is 16.1. The minimum Gasteiger partial charge on any atom is -0.354 e. The topological polar surface area (TPSA) is 66.9 Å². The Morgan fingerprint density at radius 3 is 2.32 bits per heavy atom. The van der Waals surface area contributed by atoms with E-state index < -0.39 is 0 Å². The molecule has 1 aromatic heterocycles. The van der Waals surface area contributed by atoms with Crippen LogP contribution in [0.25, 0.3) is 0 Å². The fraction of sp³-hybridized carbons (Fsp3) is 0.353. The maximum atomic E-state index is 12.2. The van der Waals surface area contributed by atoms with Crippen LogP contribution in [0.5, 0.6) is 0 Å². The SMILES string of the molecule is CC(C)CNc1ncc(C(=O)NC(C)c2ccccc2)cn1. The van der Waals surface area contributed by atoms with Gasteiger partial charge in [-0.05, 0) is 18.4 Å². The molecule has 116 valence electrons. The number of aromatic nitrogens is 2. The first-order valence-electron chi connectivity index (χ1n) is 7.48. The van der Waals surface area contributed by atoms with Crippen molar-refractivity contribution in [1.82, 2.24) is 15.3 Å². The van der Waals surface area contributed by atoms with Crippen LogP contribution in [0, 0.1) is 5.92 Å². The molecule has 0 radical (unpaired) electrons. The summed E-state index contributed by atoms with van der Waals surface area (Å²) >= 11 is 0. The van der Waals surface area contributed by atoms with Crippen LogP contribution < -0.4 is 10.6 Å².